The summed E-state index contributed by atoms with van der Waals surface area (Å²) in [6, 6.07) is 17.6. The second kappa shape index (κ2) is 8.31. The minimum absolute atomic E-state index is 0.105. The Bertz CT molecular complexity index is 849. The van der Waals surface area contributed by atoms with E-state index in [2.05, 4.69) is 43.6 Å². The standard InChI is InChI=1S/C18H17BrN4OS/c1-23-16(11-17(24)20-15-5-3-2-4-6-15)21-22-18(23)25-12-13-7-9-14(19)10-8-13/h2-10H,11-12H2,1H3,(H,20,24). The van der Waals surface area contributed by atoms with Crippen molar-refractivity contribution in [1.29, 1.82) is 0 Å². The van der Waals surface area contributed by atoms with Gasteiger partial charge in [0.2, 0.25) is 5.91 Å². The van der Waals surface area contributed by atoms with E-state index in [0.717, 1.165) is 21.1 Å². The van der Waals surface area contributed by atoms with Gasteiger partial charge in [0.15, 0.2) is 5.16 Å². The van der Waals surface area contributed by atoms with Gasteiger partial charge in [0, 0.05) is 23.0 Å². The molecule has 25 heavy (non-hydrogen) atoms. The number of benzene rings is 2. The molecule has 0 aliphatic carbocycles. The van der Waals surface area contributed by atoms with Crippen molar-refractivity contribution in [2.75, 3.05) is 5.32 Å². The maximum atomic E-state index is 12.2. The molecular formula is C18H17BrN4OS. The largest absolute Gasteiger partial charge is 0.326 e. The predicted octanol–water partition coefficient (Wildman–Crippen LogP) is 4.05. The Morgan fingerprint density at radius 3 is 2.56 bits per heavy atom. The number of para-hydroxylation sites is 1. The van der Waals surface area contributed by atoms with Crippen LogP contribution in [0.2, 0.25) is 0 Å². The van der Waals surface area contributed by atoms with Crippen LogP contribution in [0.1, 0.15) is 11.4 Å². The summed E-state index contributed by atoms with van der Waals surface area (Å²) in [5, 5.41) is 12.0. The fourth-order valence-corrected chi connectivity index (χ4v) is 3.37. The lowest BCUT2D eigenvalue weighted by Gasteiger charge is -2.06. The van der Waals surface area contributed by atoms with E-state index in [1.54, 1.807) is 11.8 Å². The maximum absolute atomic E-state index is 12.2. The summed E-state index contributed by atoms with van der Waals surface area (Å²) in [5.74, 6) is 1.34. The highest BCUT2D eigenvalue weighted by atomic mass is 79.9. The number of carbonyl (C=O) groups excluding carboxylic acids is 1. The van der Waals surface area contributed by atoms with Crippen molar-refractivity contribution in [2.45, 2.75) is 17.3 Å². The van der Waals surface area contributed by atoms with Gasteiger partial charge in [-0.1, -0.05) is 58.0 Å². The molecule has 128 valence electrons. The maximum Gasteiger partial charge on any atom is 0.232 e. The number of amides is 1. The van der Waals surface area contributed by atoms with Gasteiger partial charge < -0.3 is 9.88 Å². The van der Waals surface area contributed by atoms with Gasteiger partial charge >= 0.3 is 0 Å². The molecule has 7 heteroatoms. The van der Waals surface area contributed by atoms with Crippen LogP contribution in [0.25, 0.3) is 0 Å². The van der Waals surface area contributed by atoms with Crippen molar-refractivity contribution in [1.82, 2.24) is 14.8 Å². The van der Waals surface area contributed by atoms with Crippen LogP contribution >= 0.6 is 27.7 Å². The molecule has 0 unspecified atom stereocenters. The van der Waals surface area contributed by atoms with E-state index in [1.807, 2.05) is 54.1 Å². The molecule has 0 saturated carbocycles. The fraction of sp³-hybridized carbons (Fsp3) is 0.167. The average Bonchev–Trinajstić information content (AvgIpc) is 2.95. The van der Waals surface area contributed by atoms with Crippen molar-refractivity contribution in [3.8, 4) is 0 Å². The van der Waals surface area contributed by atoms with E-state index in [-0.39, 0.29) is 12.3 Å². The number of thioether (sulfide) groups is 1. The molecule has 1 aromatic heterocycles. The van der Waals surface area contributed by atoms with Crippen LogP contribution < -0.4 is 5.32 Å². The lowest BCUT2D eigenvalue weighted by Crippen LogP contribution is -2.16. The normalized spacial score (nSPS) is 10.6. The first-order chi connectivity index (χ1) is 12.1. The number of nitrogens with zero attached hydrogens (tertiary/aromatic N) is 3. The molecule has 2 aromatic carbocycles. The molecule has 3 aromatic rings. The van der Waals surface area contributed by atoms with Crippen LogP contribution in [0.3, 0.4) is 0 Å². The molecule has 0 aliphatic rings. The molecule has 0 aliphatic heterocycles. The Labute approximate surface area is 159 Å². The number of aromatic nitrogens is 3. The van der Waals surface area contributed by atoms with Gasteiger partial charge in [-0.2, -0.15) is 0 Å². The molecule has 1 N–H and O–H groups in total. The molecule has 5 nitrogen and oxygen atoms in total. The molecule has 0 saturated heterocycles. The molecule has 1 heterocycles. The Kier molecular flexibility index (Phi) is 5.88. The van der Waals surface area contributed by atoms with Crippen molar-refractivity contribution in [2.24, 2.45) is 7.05 Å². The number of nitrogens with one attached hydrogen (secondary N) is 1. The average molecular weight is 417 g/mol. The highest BCUT2D eigenvalue weighted by Crippen LogP contribution is 2.22. The smallest absolute Gasteiger partial charge is 0.232 e. The molecule has 0 fully saturated rings. The third kappa shape index (κ3) is 4.93. The van der Waals surface area contributed by atoms with Crippen molar-refractivity contribution < 1.29 is 4.79 Å². The molecule has 0 spiro atoms. The number of rotatable bonds is 6. The molecule has 0 radical (unpaired) electrons. The minimum Gasteiger partial charge on any atom is -0.326 e. The quantitative estimate of drug-likeness (QED) is 0.615. The zero-order valence-electron chi connectivity index (χ0n) is 13.6. The van der Waals surface area contributed by atoms with Crippen LogP contribution in [-0.2, 0) is 24.0 Å². The second-order valence-electron chi connectivity index (χ2n) is 5.46. The topological polar surface area (TPSA) is 59.8 Å². The van der Waals surface area contributed by atoms with Gasteiger partial charge in [0.25, 0.3) is 0 Å². The monoisotopic (exact) mass is 416 g/mol. The van der Waals surface area contributed by atoms with Gasteiger partial charge in [-0.3, -0.25) is 4.79 Å². The first kappa shape index (κ1) is 17.7. The van der Waals surface area contributed by atoms with E-state index < -0.39 is 0 Å². The van der Waals surface area contributed by atoms with Crippen molar-refractivity contribution >= 4 is 39.3 Å². The van der Waals surface area contributed by atoms with Gasteiger partial charge in [0.1, 0.15) is 5.82 Å². The van der Waals surface area contributed by atoms with Crippen molar-refractivity contribution in [3.05, 3.63) is 70.5 Å². The van der Waals surface area contributed by atoms with Crippen LogP contribution in [0.5, 0.6) is 0 Å². The van der Waals surface area contributed by atoms with E-state index in [9.17, 15) is 4.79 Å². The van der Waals surface area contributed by atoms with E-state index in [0.29, 0.717) is 5.82 Å². The van der Waals surface area contributed by atoms with Crippen LogP contribution in [0, 0.1) is 0 Å². The SMILES string of the molecule is Cn1c(CC(=O)Nc2ccccc2)nnc1SCc1ccc(Br)cc1. The molecule has 3 rings (SSSR count). The molecule has 1 amide bonds. The summed E-state index contributed by atoms with van der Waals surface area (Å²) in [5.41, 5.74) is 1.99. The Hall–Kier alpha value is -2.12. The Morgan fingerprint density at radius 2 is 1.84 bits per heavy atom. The summed E-state index contributed by atoms with van der Waals surface area (Å²) in [4.78, 5) is 12.2. The van der Waals surface area contributed by atoms with E-state index in [4.69, 9.17) is 0 Å². The Morgan fingerprint density at radius 1 is 1.12 bits per heavy atom. The van der Waals surface area contributed by atoms with Gasteiger partial charge in [-0.25, -0.2) is 0 Å². The highest BCUT2D eigenvalue weighted by Gasteiger charge is 2.13. The molecule has 0 atom stereocenters. The molecule has 0 bridgehead atoms. The lowest BCUT2D eigenvalue weighted by atomic mass is 10.2. The van der Waals surface area contributed by atoms with Gasteiger partial charge in [-0.15, -0.1) is 10.2 Å². The van der Waals surface area contributed by atoms with E-state index >= 15 is 0 Å². The minimum atomic E-state index is -0.105. The highest BCUT2D eigenvalue weighted by molar-refractivity contribution is 9.10. The summed E-state index contributed by atoms with van der Waals surface area (Å²) < 4.78 is 2.93. The van der Waals surface area contributed by atoms with Gasteiger partial charge in [-0.05, 0) is 29.8 Å². The summed E-state index contributed by atoms with van der Waals surface area (Å²) >= 11 is 5.03. The fourth-order valence-electron chi connectivity index (χ4n) is 2.22. The zero-order chi connectivity index (χ0) is 17.6. The van der Waals surface area contributed by atoms with Crippen LogP contribution in [0.4, 0.5) is 5.69 Å². The summed E-state index contributed by atoms with van der Waals surface area (Å²) in [6.07, 6.45) is 0.192. The first-order valence-electron chi connectivity index (χ1n) is 7.72. The predicted molar refractivity (Wildman–Crippen MR) is 103 cm³/mol. The van der Waals surface area contributed by atoms with E-state index in [1.165, 1.54) is 5.56 Å². The number of hydrogen-bond acceptors (Lipinski definition) is 4. The van der Waals surface area contributed by atoms with Crippen LogP contribution in [0.15, 0.2) is 64.2 Å². The number of anilines is 1. The number of halogens is 1. The summed E-state index contributed by atoms with van der Waals surface area (Å²) in [6.45, 7) is 0. The van der Waals surface area contributed by atoms with Crippen molar-refractivity contribution in [3.63, 3.8) is 0 Å². The third-order valence-corrected chi connectivity index (χ3v) is 5.20. The third-order valence-electron chi connectivity index (χ3n) is 3.58. The van der Waals surface area contributed by atoms with Crippen LogP contribution in [-0.4, -0.2) is 20.7 Å². The number of hydrogen-bond donors (Lipinski definition) is 1. The second-order valence-corrected chi connectivity index (χ2v) is 7.32. The number of carbonyl (C=O) groups is 1. The summed E-state index contributed by atoms with van der Waals surface area (Å²) in [7, 11) is 1.88. The lowest BCUT2D eigenvalue weighted by molar-refractivity contribution is -0.115. The first-order valence-corrected chi connectivity index (χ1v) is 9.50. The van der Waals surface area contributed by atoms with Gasteiger partial charge in [0.05, 0.1) is 6.42 Å². The Balaban J connectivity index is 1.58. The zero-order valence-corrected chi connectivity index (χ0v) is 16.0. The molecular weight excluding hydrogens is 400 g/mol.